The fraction of sp³-hybridized carbons (Fsp3) is 0.143. The lowest BCUT2D eigenvalue weighted by atomic mass is 9.84. The zero-order valence-corrected chi connectivity index (χ0v) is 23.8. The lowest BCUT2D eigenvalue weighted by Crippen LogP contribution is -2.32. The minimum absolute atomic E-state index is 0.100. The second-order valence-corrected chi connectivity index (χ2v) is 11.5. The zero-order valence-electron chi connectivity index (χ0n) is 20.7. The van der Waals surface area contributed by atoms with Gasteiger partial charge in [0.25, 0.3) is 5.56 Å². The maximum atomic E-state index is 12.7. The molecule has 11 heteroatoms. The average Bonchev–Trinajstić information content (AvgIpc) is 3.34. The predicted octanol–water partition coefficient (Wildman–Crippen LogP) is 6.49. The van der Waals surface area contributed by atoms with E-state index in [9.17, 15) is 14.7 Å². The summed E-state index contributed by atoms with van der Waals surface area (Å²) in [6.45, 7) is 3.77. The summed E-state index contributed by atoms with van der Waals surface area (Å²) in [5, 5.41) is 15.6. The number of aromatic amines is 1. The fourth-order valence-electron chi connectivity index (χ4n) is 4.41. The predicted molar refractivity (Wildman–Crippen MR) is 157 cm³/mol. The molecule has 2 aromatic heterocycles. The van der Waals surface area contributed by atoms with Crippen molar-refractivity contribution >= 4 is 46.1 Å². The van der Waals surface area contributed by atoms with Gasteiger partial charge in [0.2, 0.25) is 0 Å². The Balaban J connectivity index is 1.78. The van der Waals surface area contributed by atoms with Crippen LogP contribution >= 0.6 is 46.1 Å². The van der Waals surface area contributed by atoms with Crippen LogP contribution in [0.3, 0.4) is 0 Å². The summed E-state index contributed by atoms with van der Waals surface area (Å²) in [5.74, 6) is 0. The van der Waals surface area contributed by atoms with Crippen LogP contribution in [0.1, 0.15) is 30.0 Å². The first-order valence-electron chi connectivity index (χ1n) is 11.7. The van der Waals surface area contributed by atoms with Gasteiger partial charge in [-0.1, -0.05) is 71.2 Å². The van der Waals surface area contributed by atoms with E-state index in [0.717, 1.165) is 32.4 Å². The van der Waals surface area contributed by atoms with Crippen LogP contribution in [-0.4, -0.2) is 24.9 Å². The van der Waals surface area contributed by atoms with Crippen molar-refractivity contribution in [1.82, 2.24) is 19.7 Å². The maximum Gasteiger partial charge on any atom is 0.349 e. The molecule has 198 valence electrons. The molecule has 0 unspecified atom stereocenters. The SMILES string of the molecule is CC(C)(c1nc(-c2ccccc2Cl)c(-c2cccc(CO)c2)s1)c1c(Cl)cc(Cl)cc1-n1ncc(=O)[nH]c1=O. The van der Waals surface area contributed by atoms with Crippen molar-refractivity contribution in [3.63, 3.8) is 0 Å². The lowest BCUT2D eigenvalue weighted by molar-refractivity contribution is 0.282. The van der Waals surface area contributed by atoms with Crippen molar-refractivity contribution in [2.45, 2.75) is 25.9 Å². The largest absolute Gasteiger partial charge is 0.392 e. The molecule has 0 aliphatic carbocycles. The van der Waals surface area contributed by atoms with Crippen LogP contribution in [0.4, 0.5) is 0 Å². The molecule has 3 aromatic carbocycles. The van der Waals surface area contributed by atoms with E-state index >= 15 is 0 Å². The maximum absolute atomic E-state index is 12.7. The molecule has 2 heterocycles. The van der Waals surface area contributed by atoms with Crippen molar-refractivity contribution in [3.8, 4) is 27.4 Å². The first-order chi connectivity index (χ1) is 18.6. The molecule has 39 heavy (non-hydrogen) atoms. The summed E-state index contributed by atoms with van der Waals surface area (Å²) in [7, 11) is 0. The molecular weight excluding hydrogens is 579 g/mol. The normalized spacial score (nSPS) is 11.6. The highest BCUT2D eigenvalue weighted by Crippen LogP contribution is 2.47. The molecule has 0 amide bonds. The van der Waals surface area contributed by atoms with Gasteiger partial charge in [0, 0.05) is 26.6 Å². The van der Waals surface area contributed by atoms with Crippen molar-refractivity contribution in [2.75, 3.05) is 0 Å². The molecule has 2 N–H and O–H groups in total. The van der Waals surface area contributed by atoms with Crippen LogP contribution in [0.5, 0.6) is 0 Å². The number of aromatic nitrogens is 4. The Kier molecular flexibility index (Phi) is 7.50. The molecule has 0 spiro atoms. The van der Waals surface area contributed by atoms with E-state index in [1.165, 1.54) is 11.3 Å². The van der Waals surface area contributed by atoms with E-state index in [1.807, 2.05) is 56.3 Å². The Hall–Kier alpha value is -3.27. The number of aliphatic hydroxyl groups excluding tert-OH is 1. The van der Waals surface area contributed by atoms with Gasteiger partial charge < -0.3 is 5.11 Å². The Labute approximate surface area is 242 Å². The number of aliphatic hydroxyl groups is 1. The Morgan fingerprint density at radius 2 is 1.77 bits per heavy atom. The third-order valence-electron chi connectivity index (χ3n) is 6.26. The average molecular weight is 600 g/mol. The van der Waals surface area contributed by atoms with Crippen LogP contribution in [0.2, 0.25) is 15.1 Å². The summed E-state index contributed by atoms with van der Waals surface area (Å²) in [6, 6.07) is 18.2. The van der Waals surface area contributed by atoms with Crippen molar-refractivity contribution in [1.29, 1.82) is 0 Å². The van der Waals surface area contributed by atoms with Gasteiger partial charge in [0.15, 0.2) is 0 Å². The third-order valence-corrected chi connectivity index (χ3v) is 8.54. The number of benzene rings is 3. The number of hydrogen-bond donors (Lipinski definition) is 2. The van der Waals surface area contributed by atoms with E-state index in [2.05, 4.69) is 10.1 Å². The van der Waals surface area contributed by atoms with Gasteiger partial charge in [-0.05, 0) is 49.2 Å². The number of thiazole rings is 1. The van der Waals surface area contributed by atoms with Gasteiger partial charge in [-0.3, -0.25) is 9.78 Å². The van der Waals surface area contributed by atoms with Gasteiger partial charge in [0.1, 0.15) is 11.2 Å². The molecule has 0 aliphatic rings. The first-order valence-corrected chi connectivity index (χ1v) is 13.7. The summed E-state index contributed by atoms with van der Waals surface area (Å²) < 4.78 is 1.06. The van der Waals surface area contributed by atoms with Crippen molar-refractivity contribution < 1.29 is 5.11 Å². The van der Waals surface area contributed by atoms with E-state index in [-0.39, 0.29) is 6.61 Å². The second kappa shape index (κ2) is 10.7. The summed E-state index contributed by atoms with van der Waals surface area (Å²) in [5.41, 5.74) is 1.72. The molecule has 0 saturated heterocycles. The van der Waals surface area contributed by atoms with Crippen LogP contribution < -0.4 is 11.2 Å². The topological polar surface area (TPSA) is 101 Å². The quantitative estimate of drug-likeness (QED) is 0.232. The minimum atomic E-state index is -0.859. The molecule has 0 bridgehead atoms. The number of nitrogens with zero attached hydrogens (tertiary/aromatic N) is 3. The molecule has 0 atom stereocenters. The van der Waals surface area contributed by atoms with Crippen LogP contribution in [-0.2, 0) is 12.0 Å². The highest BCUT2D eigenvalue weighted by Gasteiger charge is 2.35. The van der Waals surface area contributed by atoms with E-state index in [1.54, 1.807) is 18.2 Å². The van der Waals surface area contributed by atoms with Gasteiger partial charge in [-0.25, -0.2) is 9.78 Å². The molecule has 0 saturated carbocycles. The molecular formula is C28H21Cl3N4O3S. The van der Waals surface area contributed by atoms with Crippen LogP contribution in [0.15, 0.2) is 76.4 Å². The highest BCUT2D eigenvalue weighted by atomic mass is 35.5. The molecule has 0 fully saturated rings. The summed E-state index contributed by atoms with van der Waals surface area (Å²) >= 11 is 21.2. The van der Waals surface area contributed by atoms with Gasteiger partial charge in [-0.2, -0.15) is 9.78 Å². The van der Waals surface area contributed by atoms with Crippen LogP contribution in [0, 0.1) is 0 Å². The number of halogens is 3. The number of nitrogens with one attached hydrogen (secondary N) is 1. The Morgan fingerprint density at radius 1 is 1.00 bits per heavy atom. The molecule has 5 rings (SSSR count). The van der Waals surface area contributed by atoms with Crippen molar-refractivity contribution in [3.05, 3.63) is 119 Å². The van der Waals surface area contributed by atoms with Crippen LogP contribution in [0.25, 0.3) is 27.4 Å². The molecule has 0 radical (unpaired) electrons. The zero-order chi connectivity index (χ0) is 27.9. The smallest absolute Gasteiger partial charge is 0.349 e. The minimum Gasteiger partial charge on any atom is -0.392 e. The standard InChI is InChI=1S/C28H21Cl3N4O3S/c1-28(2,23-20(31)11-17(29)12-21(23)35-27(38)33-22(37)13-32-35)26-34-24(18-8-3-4-9-19(18)30)25(39-26)16-7-5-6-15(10-16)14-36/h3-13,36H,14H2,1-2H3,(H,33,37,38). The molecule has 0 aliphatic heterocycles. The summed E-state index contributed by atoms with van der Waals surface area (Å²) in [6.07, 6.45) is 1.01. The van der Waals surface area contributed by atoms with Gasteiger partial charge >= 0.3 is 5.69 Å². The monoisotopic (exact) mass is 598 g/mol. The van der Waals surface area contributed by atoms with E-state index in [4.69, 9.17) is 39.8 Å². The number of H-pyrrole nitrogens is 1. The van der Waals surface area contributed by atoms with Gasteiger partial charge in [0.05, 0.1) is 27.9 Å². The first kappa shape index (κ1) is 27.3. The number of rotatable bonds is 6. The summed E-state index contributed by atoms with van der Waals surface area (Å²) in [4.78, 5) is 32.5. The molecule has 7 nitrogen and oxygen atoms in total. The van der Waals surface area contributed by atoms with Gasteiger partial charge in [-0.15, -0.1) is 11.3 Å². The van der Waals surface area contributed by atoms with E-state index in [0.29, 0.717) is 37.0 Å². The lowest BCUT2D eigenvalue weighted by Gasteiger charge is -2.27. The second-order valence-electron chi connectivity index (χ2n) is 9.29. The van der Waals surface area contributed by atoms with Crippen molar-refractivity contribution in [2.24, 2.45) is 0 Å². The highest BCUT2D eigenvalue weighted by molar-refractivity contribution is 7.16. The van der Waals surface area contributed by atoms with E-state index < -0.39 is 16.7 Å². The third kappa shape index (κ3) is 5.18. The Bertz CT molecular complexity index is 1830. The fourth-order valence-corrected chi connectivity index (χ4v) is 6.54. The molecule has 5 aromatic rings. The number of hydrogen-bond acceptors (Lipinski definition) is 6. The Morgan fingerprint density at radius 3 is 2.49 bits per heavy atom.